The highest BCUT2D eigenvalue weighted by Crippen LogP contribution is 2.36. The van der Waals surface area contributed by atoms with Gasteiger partial charge in [-0.2, -0.15) is 0 Å². The van der Waals surface area contributed by atoms with Gasteiger partial charge in [0.15, 0.2) is 0 Å². The third kappa shape index (κ3) is 3.53. The Balaban J connectivity index is 1.69. The molecule has 1 aromatic heterocycles. The number of carbonyl (C=O) groups excluding carboxylic acids is 1. The maximum atomic E-state index is 12.8. The molecule has 1 amide bonds. The fourth-order valence-corrected chi connectivity index (χ4v) is 3.78. The van der Waals surface area contributed by atoms with Gasteiger partial charge in [-0.3, -0.25) is 14.2 Å². The zero-order chi connectivity index (χ0) is 20.5. The van der Waals surface area contributed by atoms with Crippen LogP contribution in [-0.4, -0.2) is 29.7 Å². The first-order valence-corrected chi connectivity index (χ1v) is 9.66. The summed E-state index contributed by atoms with van der Waals surface area (Å²) in [5.41, 5.74) is 1.27. The molecule has 1 aliphatic rings. The van der Waals surface area contributed by atoms with Gasteiger partial charge >= 0.3 is 0 Å². The van der Waals surface area contributed by atoms with E-state index in [9.17, 15) is 9.59 Å². The maximum absolute atomic E-state index is 12.8. The normalized spacial score (nSPS) is 13.1. The number of nitrogens with one attached hydrogen (secondary N) is 1. The summed E-state index contributed by atoms with van der Waals surface area (Å²) in [6, 6.07) is 8.08. The Kier molecular flexibility index (Phi) is 5.15. The van der Waals surface area contributed by atoms with Gasteiger partial charge in [0.2, 0.25) is 0 Å². The van der Waals surface area contributed by atoms with E-state index in [2.05, 4.69) is 10.3 Å². The molecular formula is C21H20ClN3O4. The van der Waals surface area contributed by atoms with Gasteiger partial charge in [0.25, 0.3) is 11.5 Å². The van der Waals surface area contributed by atoms with Crippen LogP contribution in [0, 0.1) is 0 Å². The number of amides is 1. The number of ether oxygens (including phenoxy) is 2. The van der Waals surface area contributed by atoms with Crippen molar-refractivity contribution in [3.05, 3.63) is 57.1 Å². The molecular weight excluding hydrogens is 394 g/mol. The Labute approximate surface area is 172 Å². The van der Waals surface area contributed by atoms with Crippen LogP contribution < -0.4 is 20.3 Å². The summed E-state index contributed by atoms with van der Waals surface area (Å²) < 4.78 is 12.2. The lowest BCUT2D eigenvalue weighted by Crippen LogP contribution is -2.28. The van der Waals surface area contributed by atoms with Gasteiger partial charge in [0.05, 0.1) is 35.8 Å². The standard InChI is InChI=1S/C21H20ClN3O4/c1-28-17-11-18(29-2)16(10-14(17)22)24-20(26)12-6-7-13-15(9-12)23-19-5-3-4-8-25(19)21(13)27/h6-7,9-11H,3-5,8H2,1-2H3,(H,24,26). The molecule has 8 heteroatoms. The van der Waals surface area contributed by atoms with E-state index in [-0.39, 0.29) is 11.5 Å². The van der Waals surface area contributed by atoms with Crippen LogP contribution in [0.25, 0.3) is 10.9 Å². The number of anilines is 1. The number of fused-ring (bicyclic) bond motifs is 2. The van der Waals surface area contributed by atoms with Crippen LogP contribution in [0.3, 0.4) is 0 Å². The van der Waals surface area contributed by atoms with Gasteiger partial charge in [0, 0.05) is 24.6 Å². The highest BCUT2D eigenvalue weighted by molar-refractivity contribution is 6.32. The van der Waals surface area contributed by atoms with E-state index >= 15 is 0 Å². The summed E-state index contributed by atoms with van der Waals surface area (Å²) in [5, 5.41) is 3.66. The number of aromatic nitrogens is 2. The van der Waals surface area contributed by atoms with Crippen LogP contribution in [0.4, 0.5) is 5.69 Å². The second-order valence-corrected chi connectivity index (χ2v) is 7.22. The van der Waals surface area contributed by atoms with E-state index in [1.54, 1.807) is 34.9 Å². The van der Waals surface area contributed by atoms with Crippen molar-refractivity contribution in [1.82, 2.24) is 9.55 Å². The summed E-state index contributed by atoms with van der Waals surface area (Å²) >= 11 is 6.17. The van der Waals surface area contributed by atoms with Gasteiger partial charge in [-0.25, -0.2) is 4.98 Å². The molecule has 0 radical (unpaired) electrons. The van der Waals surface area contributed by atoms with Crippen LogP contribution in [0.5, 0.6) is 11.5 Å². The van der Waals surface area contributed by atoms with Crippen LogP contribution in [0.15, 0.2) is 35.1 Å². The largest absolute Gasteiger partial charge is 0.495 e. The molecule has 1 aliphatic heterocycles. The monoisotopic (exact) mass is 413 g/mol. The number of aryl methyl sites for hydroxylation is 1. The summed E-state index contributed by atoms with van der Waals surface area (Å²) in [7, 11) is 3.00. The van der Waals surface area contributed by atoms with Gasteiger partial charge in [-0.05, 0) is 37.1 Å². The number of halogens is 1. The topological polar surface area (TPSA) is 82.5 Å². The molecule has 0 atom stereocenters. The molecule has 1 N–H and O–H groups in total. The summed E-state index contributed by atoms with van der Waals surface area (Å²) in [5.74, 6) is 1.29. The van der Waals surface area contributed by atoms with Crippen molar-refractivity contribution in [3.63, 3.8) is 0 Å². The van der Waals surface area contributed by atoms with Gasteiger partial charge in [-0.15, -0.1) is 0 Å². The molecule has 0 aliphatic carbocycles. The van der Waals surface area contributed by atoms with Gasteiger partial charge in [0.1, 0.15) is 17.3 Å². The van der Waals surface area contributed by atoms with E-state index in [4.69, 9.17) is 21.1 Å². The number of rotatable bonds is 4. The SMILES string of the molecule is COc1cc(OC)c(NC(=O)c2ccc3c(=O)n4c(nc3c2)CCCC4)cc1Cl. The van der Waals surface area contributed by atoms with Crippen molar-refractivity contribution < 1.29 is 14.3 Å². The molecule has 3 aromatic rings. The zero-order valence-corrected chi connectivity index (χ0v) is 16.9. The molecule has 7 nitrogen and oxygen atoms in total. The second kappa shape index (κ2) is 7.75. The van der Waals surface area contributed by atoms with Crippen molar-refractivity contribution in [1.29, 1.82) is 0 Å². The lowest BCUT2D eigenvalue weighted by atomic mass is 10.1. The molecule has 2 heterocycles. The molecule has 0 fully saturated rings. The zero-order valence-electron chi connectivity index (χ0n) is 16.1. The van der Waals surface area contributed by atoms with E-state index in [0.29, 0.717) is 45.2 Å². The number of carbonyl (C=O) groups is 1. The Hall–Kier alpha value is -3.06. The number of nitrogens with zero attached hydrogens (tertiary/aromatic N) is 2. The highest BCUT2D eigenvalue weighted by Gasteiger charge is 2.17. The molecule has 2 aromatic carbocycles. The van der Waals surface area contributed by atoms with E-state index in [1.807, 2.05) is 0 Å². The third-order valence-electron chi connectivity index (χ3n) is 5.05. The van der Waals surface area contributed by atoms with E-state index < -0.39 is 0 Å². The first-order valence-electron chi connectivity index (χ1n) is 9.28. The Morgan fingerprint density at radius 1 is 1.14 bits per heavy atom. The molecule has 0 saturated heterocycles. The Morgan fingerprint density at radius 3 is 2.69 bits per heavy atom. The van der Waals surface area contributed by atoms with Gasteiger partial charge < -0.3 is 14.8 Å². The van der Waals surface area contributed by atoms with Crippen LogP contribution in [0.2, 0.25) is 5.02 Å². The molecule has 0 spiro atoms. The number of methoxy groups -OCH3 is 2. The number of hydrogen-bond acceptors (Lipinski definition) is 5. The van der Waals surface area contributed by atoms with Crippen LogP contribution >= 0.6 is 11.6 Å². The fraction of sp³-hybridized carbons (Fsp3) is 0.286. The van der Waals surface area contributed by atoms with Crippen molar-refractivity contribution in [2.45, 2.75) is 25.8 Å². The highest BCUT2D eigenvalue weighted by atomic mass is 35.5. The lowest BCUT2D eigenvalue weighted by molar-refractivity contribution is 0.102. The van der Waals surface area contributed by atoms with Crippen LogP contribution in [0.1, 0.15) is 29.0 Å². The van der Waals surface area contributed by atoms with Crippen molar-refractivity contribution in [2.24, 2.45) is 0 Å². The molecule has 29 heavy (non-hydrogen) atoms. The predicted octanol–water partition coefficient (Wildman–Crippen LogP) is 3.66. The lowest BCUT2D eigenvalue weighted by Gasteiger charge is -2.18. The third-order valence-corrected chi connectivity index (χ3v) is 5.35. The van der Waals surface area contributed by atoms with Crippen molar-refractivity contribution in [3.8, 4) is 11.5 Å². The minimum atomic E-state index is -0.356. The molecule has 0 bridgehead atoms. The summed E-state index contributed by atoms with van der Waals surface area (Å²) in [6.45, 7) is 0.692. The number of hydrogen-bond donors (Lipinski definition) is 1. The smallest absolute Gasteiger partial charge is 0.261 e. The quantitative estimate of drug-likeness (QED) is 0.705. The van der Waals surface area contributed by atoms with Crippen molar-refractivity contribution >= 4 is 34.1 Å². The minimum Gasteiger partial charge on any atom is -0.495 e. The molecule has 150 valence electrons. The Bertz CT molecular complexity index is 1170. The second-order valence-electron chi connectivity index (χ2n) is 6.82. The van der Waals surface area contributed by atoms with E-state index in [1.165, 1.54) is 14.2 Å². The Morgan fingerprint density at radius 2 is 1.93 bits per heavy atom. The molecule has 4 rings (SSSR count). The summed E-state index contributed by atoms with van der Waals surface area (Å²) in [6.07, 6.45) is 2.76. The molecule has 0 saturated carbocycles. The predicted molar refractivity (Wildman–Crippen MR) is 111 cm³/mol. The van der Waals surface area contributed by atoms with Crippen LogP contribution in [-0.2, 0) is 13.0 Å². The van der Waals surface area contributed by atoms with E-state index in [0.717, 1.165) is 25.1 Å². The summed E-state index contributed by atoms with van der Waals surface area (Å²) in [4.78, 5) is 30.1. The average Bonchev–Trinajstić information content (AvgIpc) is 2.73. The molecule has 0 unspecified atom stereocenters. The first kappa shape index (κ1) is 19.3. The number of benzene rings is 2. The minimum absolute atomic E-state index is 0.0553. The van der Waals surface area contributed by atoms with Crippen molar-refractivity contribution in [2.75, 3.05) is 19.5 Å². The first-order chi connectivity index (χ1) is 14.0. The fourth-order valence-electron chi connectivity index (χ4n) is 3.53. The van der Waals surface area contributed by atoms with Gasteiger partial charge in [-0.1, -0.05) is 11.6 Å². The average molecular weight is 414 g/mol. The maximum Gasteiger partial charge on any atom is 0.261 e.